The summed E-state index contributed by atoms with van der Waals surface area (Å²) in [7, 11) is 0. The lowest BCUT2D eigenvalue weighted by atomic mass is 9.84. The monoisotopic (exact) mass is 705 g/mol. The molecule has 14 unspecified atom stereocenters. The van der Waals surface area contributed by atoms with Crippen LogP contribution in [0.2, 0.25) is 0 Å². The van der Waals surface area contributed by atoms with Gasteiger partial charge in [0.25, 0.3) is 0 Å². The molecule has 0 bridgehead atoms. The summed E-state index contributed by atoms with van der Waals surface area (Å²) in [6.45, 7) is 1.99. The molecule has 14 N–H and O–H groups in total. The first-order chi connectivity index (χ1) is 23.5. The highest BCUT2D eigenvalue weighted by atomic mass is 16.7. The Hall–Kier alpha value is -1.05. The number of carbonyl (C=O) groups excluding carboxylic acids is 1. The van der Waals surface area contributed by atoms with Gasteiger partial charge in [-0.3, -0.25) is 4.79 Å². The van der Waals surface area contributed by atoms with Crippen molar-refractivity contribution in [1.29, 1.82) is 0 Å². The van der Waals surface area contributed by atoms with Gasteiger partial charge in [0.15, 0.2) is 12.6 Å². The summed E-state index contributed by atoms with van der Waals surface area (Å²) in [5, 5.41) is 42.9. The number of aliphatic hydroxyl groups excluding tert-OH is 4. The predicted molar refractivity (Wildman–Crippen MR) is 183 cm³/mol. The summed E-state index contributed by atoms with van der Waals surface area (Å²) in [5.74, 6) is -0.415. The molecule has 0 aromatic carbocycles. The highest BCUT2D eigenvalue weighted by Crippen LogP contribution is 2.31. The molecule has 0 spiro atoms. The average molecular weight is 706 g/mol. The van der Waals surface area contributed by atoms with E-state index in [9.17, 15) is 25.2 Å². The summed E-state index contributed by atoms with van der Waals surface area (Å²) >= 11 is 0. The first-order valence-corrected chi connectivity index (χ1v) is 18.7. The second kappa shape index (κ2) is 22.1. The summed E-state index contributed by atoms with van der Waals surface area (Å²) < 4.78 is 28.9. The van der Waals surface area contributed by atoms with Gasteiger partial charge in [-0.25, -0.2) is 0 Å². The summed E-state index contributed by atoms with van der Waals surface area (Å²) in [5.41, 5.74) is 30.5. The van der Waals surface area contributed by atoms with Crippen molar-refractivity contribution in [1.82, 2.24) is 0 Å². The van der Waals surface area contributed by atoms with Crippen molar-refractivity contribution >= 4 is 5.97 Å². The Kier molecular flexibility index (Phi) is 19.1. The highest BCUT2D eigenvalue weighted by molar-refractivity contribution is 5.69. The first-order valence-electron chi connectivity index (χ1n) is 18.7. The first kappa shape index (κ1) is 42.4. The van der Waals surface area contributed by atoms with Gasteiger partial charge in [0.1, 0.15) is 43.2 Å². The van der Waals surface area contributed by atoms with E-state index in [0.717, 1.165) is 19.3 Å². The van der Waals surface area contributed by atoms with Crippen LogP contribution in [-0.2, 0) is 28.5 Å². The van der Waals surface area contributed by atoms with Crippen molar-refractivity contribution in [2.24, 2.45) is 28.7 Å². The molecule has 3 fully saturated rings. The Bertz CT molecular complexity index is 927. The molecule has 0 aromatic rings. The number of rotatable bonds is 21. The highest BCUT2D eigenvalue weighted by Gasteiger charge is 2.50. The van der Waals surface area contributed by atoms with Crippen LogP contribution in [0.5, 0.6) is 0 Å². The van der Waals surface area contributed by atoms with E-state index in [0.29, 0.717) is 6.42 Å². The van der Waals surface area contributed by atoms with Crippen LogP contribution in [0, 0.1) is 0 Å². The van der Waals surface area contributed by atoms with Crippen molar-refractivity contribution in [2.75, 3.05) is 13.2 Å². The molecular weight excluding hydrogens is 638 g/mol. The number of aliphatic hydroxyl groups is 4. The van der Waals surface area contributed by atoms with Gasteiger partial charge in [0.2, 0.25) is 0 Å². The fraction of sp³-hybridized carbons (Fsp3) is 0.971. The summed E-state index contributed by atoms with van der Waals surface area (Å²) in [4.78, 5) is 12.4. The molecule has 49 heavy (non-hydrogen) atoms. The lowest BCUT2D eigenvalue weighted by molar-refractivity contribution is -0.315. The number of carbonyl (C=O) groups is 1. The fourth-order valence-electron chi connectivity index (χ4n) is 6.95. The van der Waals surface area contributed by atoms with Crippen molar-refractivity contribution in [2.45, 2.75) is 195 Å². The maximum Gasteiger partial charge on any atom is 0.305 e. The largest absolute Gasteiger partial charge is 0.463 e. The van der Waals surface area contributed by atoms with Crippen LogP contribution in [0.3, 0.4) is 0 Å². The minimum absolute atomic E-state index is 0.0442. The number of unbranched alkanes of at least 4 members (excludes halogenated alkanes) is 12. The molecule has 3 rings (SSSR count). The van der Waals surface area contributed by atoms with Gasteiger partial charge in [-0.15, -0.1) is 0 Å². The maximum absolute atomic E-state index is 12.4. The number of hydrogen-bond acceptors (Lipinski definition) is 15. The van der Waals surface area contributed by atoms with Crippen LogP contribution in [0.25, 0.3) is 0 Å². The molecule has 14 atom stereocenters. The van der Waals surface area contributed by atoms with Crippen molar-refractivity contribution in [3.63, 3.8) is 0 Å². The Morgan fingerprint density at radius 2 is 1.16 bits per heavy atom. The smallest absolute Gasteiger partial charge is 0.305 e. The molecule has 0 aromatic heterocycles. The fourth-order valence-corrected chi connectivity index (χ4v) is 6.95. The van der Waals surface area contributed by atoms with E-state index in [1.807, 2.05) is 0 Å². The third kappa shape index (κ3) is 13.1. The molecule has 0 radical (unpaired) electrons. The molecule has 15 nitrogen and oxygen atoms in total. The number of ether oxygens (including phenoxy) is 5. The third-order valence-corrected chi connectivity index (χ3v) is 10.1. The zero-order valence-corrected chi connectivity index (χ0v) is 29.4. The van der Waals surface area contributed by atoms with Crippen LogP contribution < -0.4 is 28.7 Å². The van der Waals surface area contributed by atoms with E-state index in [1.54, 1.807) is 0 Å². The molecule has 15 heteroatoms. The van der Waals surface area contributed by atoms with Gasteiger partial charge in [-0.1, -0.05) is 84.0 Å². The lowest BCUT2D eigenvalue weighted by Gasteiger charge is -2.47. The molecule has 2 saturated heterocycles. The van der Waals surface area contributed by atoms with Gasteiger partial charge in [-0.2, -0.15) is 0 Å². The molecule has 0 amide bonds. The van der Waals surface area contributed by atoms with Crippen molar-refractivity contribution < 1.29 is 48.9 Å². The SMILES string of the molecule is CCCCCCCCCCCCCCCC(=O)OCC1OC(OC2C(N)CC(N)C(OC3OC(CN)C(O)CC3N)C2O)C(O)C(N)C1O. The predicted octanol–water partition coefficient (Wildman–Crippen LogP) is -0.264. The quantitative estimate of drug-likeness (QED) is 0.0550. The summed E-state index contributed by atoms with van der Waals surface area (Å²) in [6, 6.07) is -3.39. The standard InChI is InChI=1S/C34H67N5O10/c1-2-3-4-5-6-7-8-9-10-11-12-13-14-15-26(41)45-19-25-28(42)27(39)29(43)34(47-25)49-32-21(37)16-20(36)31(30(32)44)48-33-22(38)17-23(40)24(18-35)46-33/h20-25,27-34,40,42-44H,2-19,35-39H2,1H3. The Balaban J connectivity index is 1.41. The number of nitrogens with two attached hydrogens (primary N) is 5. The minimum Gasteiger partial charge on any atom is -0.463 e. The molecule has 2 heterocycles. The van der Waals surface area contributed by atoms with E-state index < -0.39 is 91.5 Å². The van der Waals surface area contributed by atoms with Crippen LogP contribution >= 0.6 is 0 Å². The lowest BCUT2D eigenvalue weighted by Crippen LogP contribution is -2.68. The van der Waals surface area contributed by atoms with E-state index in [-0.39, 0.29) is 32.4 Å². The maximum atomic E-state index is 12.4. The van der Waals surface area contributed by atoms with Crippen LogP contribution in [0.15, 0.2) is 0 Å². The molecule has 3 aliphatic rings. The topological polar surface area (TPSA) is 274 Å². The molecule has 1 aliphatic carbocycles. The van der Waals surface area contributed by atoms with Gasteiger partial charge in [-0.05, 0) is 19.3 Å². The van der Waals surface area contributed by atoms with Crippen LogP contribution in [-0.4, -0.2) is 125 Å². The number of esters is 1. The van der Waals surface area contributed by atoms with Crippen LogP contribution in [0.1, 0.15) is 110 Å². The molecule has 1 saturated carbocycles. The Morgan fingerprint density at radius 3 is 1.71 bits per heavy atom. The van der Waals surface area contributed by atoms with Crippen molar-refractivity contribution in [3.05, 3.63) is 0 Å². The van der Waals surface area contributed by atoms with Gasteiger partial charge < -0.3 is 72.8 Å². The van der Waals surface area contributed by atoms with Gasteiger partial charge in [0.05, 0.1) is 24.3 Å². The minimum atomic E-state index is -1.48. The van der Waals surface area contributed by atoms with Crippen LogP contribution in [0.4, 0.5) is 0 Å². The van der Waals surface area contributed by atoms with E-state index in [1.165, 1.54) is 57.8 Å². The zero-order chi connectivity index (χ0) is 35.9. The number of hydrogen-bond donors (Lipinski definition) is 9. The summed E-state index contributed by atoms with van der Waals surface area (Å²) in [6.07, 6.45) is 4.82. The Labute approximate surface area is 291 Å². The second-order valence-electron chi connectivity index (χ2n) is 14.3. The van der Waals surface area contributed by atoms with E-state index in [2.05, 4.69) is 6.92 Å². The van der Waals surface area contributed by atoms with Crippen molar-refractivity contribution in [3.8, 4) is 0 Å². The molecular formula is C34H67N5O10. The van der Waals surface area contributed by atoms with Gasteiger partial charge >= 0.3 is 5.97 Å². The second-order valence-corrected chi connectivity index (χ2v) is 14.3. The molecule has 2 aliphatic heterocycles. The normalized spacial score (nSPS) is 38.4. The third-order valence-electron chi connectivity index (χ3n) is 10.1. The van der Waals surface area contributed by atoms with E-state index >= 15 is 0 Å². The van der Waals surface area contributed by atoms with E-state index in [4.69, 9.17) is 52.4 Å². The van der Waals surface area contributed by atoms with Gasteiger partial charge in [0, 0.05) is 25.0 Å². The Morgan fingerprint density at radius 1 is 0.653 bits per heavy atom. The zero-order valence-electron chi connectivity index (χ0n) is 29.4. The average Bonchev–Trinajstić information content (AvgIpc) is 3.07. The molecule has 288 valence electrons.